The van der Waals surface area contributed by atoms with Crippen LogP contribution in [-0.2, 0) is 0 Å². The highest BCUT2D eigenvalue weighted by Crippen LogP contribution is 2.08. The first-order chi connectivity index (χ1) is 7.77. The van der Waals surface area contributed by atoms with E-state index in [2.05, 4.69) is 20.8 Å². The molecule has 1 unspecified atom stereocenters. The third-order valence-corrected chi connectivity index (χ3v) is 2.99. The minimum Gasteiger partial charge on any atom is -0.349 e. The van der Waals surface area contributed by atoms with E-state index >= 15 is 0 Å². The fourth-order valence-corrected chi connectivity index (χ4v) is 2.01. The van der Waals surface area contributed by atoms with Crippen molar-refractivity contribution in [3.05, 3.63) is 17.5 Å². The van der Waals surface area contributed by atoms with Crippen molar-refractivity contribution in [3.8, 4) is 0 Å². The number of hydrogen-bond donors (Lipinski definition) is 3. The van der Waals surface area contributed by atoms with Crippen LogP contribution in [0.25, 0.3) is 0 Å². The number of aromatic amines is 1. The number of nitrogens with zero attached hydrogens (tertiary/aromatic N) is 1. The molecule has 0 bridgehead atoms. The van der Waals surface area contributed by atoms with Crippen LogP contribution in [0.4, 0.5) is 0 Å². The topological polar surface area (TPSA) is 69.8 Å². The van der Waals surface area contributed by atoms with Gasteiger partial charge in [-0.1, -0.05) is 0 Å². The number of carbonyl (C=O) groups is 1. The molecule has 1 amide bonds. The predicted molar refractivity (Wildman–Crippen MR) is 61.3 cm³/mol. The van der Waals surface area contributed by atoms with Gasteiger partial charge in [0.15, 0.2) is 0 Å². The molecular formula is C11H18N4O. The number of hydrogen-bond acceptors (Lipinski definition) is 3. The van der Waals surface area contributed by atoms with Crippen molar-refractivity contribution in [2.45, 2.75) is 32.2 Å². The summed E-state index contributed by atoms with van der Waals surface area (Å²) in [5, 5.41) is 13.0. The molecule has 5 heteroatoms. The SMILES string of the molecule is Cc1[nH]ncc1C(=O)NC1CCCNCC1. The summed E-state index contributed by atoms with van der Waals surface area (Å²) in [6.07, 6.45) is 4.76. The highest BCUT2D eigenvalue weighted by atomic mass is 16.1. The number of carbonyl (C=O) groups excluding carboxylic acids is 1. The number of H-pyrrole nitrogens is 1. The van der Waals surface area contributed by atoms with Crippen LogP contribution in [-0.4, -0.2) is 35.2 Å². The molecule has 1 aliphatic rings. The Labute approximate surface area is 95.0 Å². The normalized spacial score (nSPS) is 21.4. The first-order valence-electron chi connectivity index (χ1n) is 5.79. The van der Waals surface area contributed by atoms with Crippen LogP contribution >= 0.6 is 0 Å². The van der Waals surface area contributed by atoms with Gasteiger partial charge in [-0.3, -0.25) is 9.89 Å². The van der Waals surface area contributed by atoms with E-state index in [0.29, 0.717) is 5.56 Å². The molecule has 88 valence electrons. The Bertz CT molecular complexity index is 353. The third kappa shape index (κ3) is 2.61. The van der Waals surface area contributed by atoms with E-state index in [4.69, 9.17) is 0 Å². The summed E-state index contributed by atoms with van der Waals surface area (Å²) < 4.78 is 0. The lowest BCUT2D eigenvalue weighted by atomic mass is 10.1. The van der Waals surface area contributed by atoms with E-state index in [1.54, 1.807) is 6.20 Å². The van der Waals surface area contributed by atoms with Gasteiger partial charge in [0.2, 0.25) is 0 Å². The fraction of sp³-hybridized carbons (Fsp3) is 0.636. The minimum atomic E-state index is -0.0156. The van der Waals surface area contributed by atoms with E-state index in [1.807, 2.05) is 6.92 Å². The molecule has 1 aromatic heterocycles. The number of amides is 1. The van der Waals surface area contributed by atoms with Gasteiger partial charge in [0.25, 0.3) is 5.91 Å². The molecule has 0 radical (unpaired) electrons. The van der Waals surface area contributed by atoms with Gasteiger partial charge < -0.3 is 10.6 Å². The van der Waals surface area contributed by atoms with Crippen molar-refractivity contribution in [3.63, 3.8) is 0 Å². The van der Waals surface area contributed by atoms with E-state index in [-0.39, 0.29) is 11.9 Å². The molecule has 1 aliphatic heterocycles. The van der Waals surface area contributed by atoms with Gasteiger partial charge >= 0.3 is 0 Å². The van der Waals surface area contributed by atoms with Crippen LogP contribution in [0.2, 0.25) is 0 Å². The minimum absolute atomic E-state index is 0.0156. The Balaban J connectivity index is 1.93. The van der Waals surface area contributed by atoms with Gasteiger partial charge in [-0.2, -0.15) is 5.10 Å². The Hall–Kier alpha value is -1.36. The van der Waals surface area contributed by atoms with Gasteiger partial charge in [-0.15, -0.1) is 0 Å². The van der Waals surface area contributed by atoms with E-state index in [1.165, 1.54) is 0 Å². The van der Waals surface area contributed by atoms with Gasteiger partial charge in [0.05, 0.1) is 11.8 Å². The molecule has 0 aliphatic carbocycles. The molecule has 2 heterocycles. The fourth-order valence-electron chi connectivity index (χ4n) is 2.01. The molecule has 16 heavy (non-hydrogen) atoms. The zero-order valence-electron chi connectivity index (χ0n) is 9.55. The van der Waals surface area contributed by atoms with Gasteiger partial charge in [-0.25, -0.2) is 0 Å². The maximum atomic E-state index is 11.9. The molecular weight excluding hydrogens is 204 g/mol. The van der Waals surface area contributed by atoms with Crippen LogP contribution in [0.1, 0.15) is 35.3 Å². The molecule has 0 spiro atoms. The molecule has 2 rings (SSSR count). The highest BCUT2D eigenvalue weighted by molar-refractivity contribution is 5.95. The summed E-state index contributed by atoms with van der Waals surface area (Å²) in [7, 11) is 0. The van der Waals surface area contributed by atoms with Crippen molar-refractivity contribution in [2.75, 3.05) is 13.1 Å². The van der Waals surface area contributed by atoms with Crippen molar-refractivity contribution in [1.29, 1.82) is 0 Å². The molecule has 3 N–H and O–H groups in total. The summed E-state index contributed by atoms with van der Waals surface area (Å²) in [6.45, 7) is 3.89. The number of nitrogens with one attached hydrogen (secondary N) is 3. The van der Waals surface area contributed by atoms with Crippen LogP contribution in [0.15, 0.2) is 6.20 Å². The quantitative estimate of drug-likeness (QED) is 0.686. The van der Waals surface area contributed by atoms with Gasteiger partial charge in [0, 0.05) is 11.7 Å². The Kier molecular flexibility index (Phi) is 3.56. The number of aryl methyl sites for hydroxylation is 1. The Morgan fingerprint density at radius 3 is 3.12 bits per heavy atom. The molecule has 1 saturated heterocycles. The summed E-state index contributed by atoms with van der Waals surface area (Å²) >= 11 is 0. The summed E-state index contributed by atoms with van der Waals surface area (Å²) in [5.74, 6) is -0.0156. The number of rotatable bonds is 2. The maximum Gasteiger partial charge on any atom is 0.254 e. The van der Waals surface area contributed by atoms with Crippen molar-refractivity contribution in [2.24, 2.45) is 0 Å². The van der Waals surface area contributed by atoms with Crippen LogP contribution in [0, 0.1) is 6.92 Å². The average Bonchev–Trinajstić information content (AvgIpc) is 2.53. The van der Waals surface area contributed by atoms with Gasteiger partial charge in [0.1, 0.15) is 0 Å². The Morgan fingerprint density at radius 1 is 1.50 bits per heavy atom. The highest BCUT2D eigenvalue weighted by Gasteiger charge is 2.17. The largest absolute Gasteiger partial charge is 0.349 e. The lowest BCUT2D eigenvalue weighted by Gasteiger charge is -2.15. The summed E-state index contributed by atoms with van der Waals surface area (Å²) in [4.78, 5) is 11.9. The second-order valence-corrected chi connectivity index (χ2v) is 4.26. The van der Waals surface area contributed by atoms with Crippen LogP contribution in [0.5, 0.6) is 0 Å². The maximum absolute atomic E-state index is 11.9. The predicted octanol–water partition coefficient (Wildman–Crippen LogP) is 0.590. The first-order valence-corrected chi connectivity index (χ1v) is 5.79. The molecule has 1 aromatic rings. The average molecular weight is 222 g/mol. The lowest BCUT2D eigenvalue weighted by Crippen LogP contribution is -2.35. The zero-order valence-corrected chi connectivity index (χ0v) is 9.55. The monoisotopic (exact) mass is 222 g/mol. The van der Waals surface area contributed by atoms with Crippen molar-refractivity contribution >= 4 is 5.91 Å². The van der Waals surface area contributed by atoms with Crippen LogP contribution in [0.3, 0.4) is 0 Å². The summed E-state index contributed by atoms with van der Waals surface area (Å²) in [6, 6.07) is 0.289. The first kappa shape index (κ1) is 11.1. The smallest absolute Gasteiger partial charge is 0.254 e. The van der Waals surface area contributed by atoms with Crippen molar-refractivity contribution in [1.82, 2.24) is 20.8 Å². The second kappa shape index (κ2) is 5.12. The standard InChI is InChI=1S/C11H18N4O/c1-8-10(7-13-15-8)11(16)14-9-3-2-5-12-6-4-9/h7,9,12H,2-6H2,1H3,(H,13,15)(H,14,16). The second-order valence-electron chi connectivity index (χ2n) is 4.26. The van der Waals surface area contributed by atoms with Crippen LogP contribution < -0.4 is 10.6 Å². The van der Waals surface area contributed by atoms with Crippen molar-refractivity contribution < 1.29 is 4.79 Å². The zero-order chi connectivity index (χ0) is 11.4. The summed E-state index contributed by atoms with van der Waals surface area (Å²) in [5.41, 5.74) is 1.47. The molecule has 0 aromatic carbocycles. The molecule has 1 fully saturated rings. The van der Waals surface area contributed by atoms with E-state index in [0.717, 1.165) is 38.0 Å². The lowest BCUT2D eigenvalue weighted by molar-refractivity contribution is 0.0933. The van der Waals surface area contributed by atoms with Gasteiger partial charge in [-0.05, 0) is 39.3 Å². The third-order valence-electron chi connectivity index (χ3n) is 2.99. The Morgan fingerprint density at radius 2 is 2.38 bits per heavy atom. The number of aromatic nitrogens is 2. The van der Waals surface area contributed by atoms with E-state index < -0.39 is 0 Å². The molecule has 1 atom stereocenters. The van der Waals surface area contributed by atoms with E-state index in [9.17, 15) is 4.79 Å². The molecule has 5 nitrogen and oxygen atoms in total. The molecule has 0 saturated carbocycles.